The largest absolute Gasteiger partial charge is 0.595 e. The number of nitrogens with one attached hydrogen (secondary N) is 1. The van der Waals surface area contributed by atoms with Crippen molar-refractivity contribution in [1.29, 1.82) is 5.26 Å². The van der Waals surface area contributed by atoms with Crippen molar-refractivity contribution in [3.05, 3.63) is 95.0 Å². The van der Waals surface area contributed by atoms with Crippen LogP contribution in [0.4, 0.5) is 5.69 Å². The number of hydrogen-bond acceptors (Lipinski definition) is 6. The lowest BCUT2D eigenvalue weighted by Gasteiger charge is -2.23. The van der Waals surface area contributed by atoms with E-state index in [-0.39, 0.29) is 18.0 Å². The van der Waals surface area contributed by atoms with E-state index in [1.807, 2.05) is 6.07 Å². The molecule has 0 amide bonds. The second-order valence-corrected chi connectivity index (χ2v) is 8.36. The third-order valence-electron chi connectivity index (χ3n) is 4.42. The van der Waals surface area contributed by atoms with Crippen LogP contribution in [0.2, 0.25) is 0 Å². The Labute approximate surface area is 175 Å². The van der Waals surface area contributed by atoms with Crippen LogP contribution >= 0.6 is 0 Å². The van der Waals surface area contributed by atoms with Crippen molar-refractivity contribution in [2.45, 2.75) is 18.0 Å². The van der Waals surface area contributed by atoms with Crippen LogP contribution in [0.1, 0.15) is 16.8 Å². The van der Waals surface area contributed by atoms with Gasteiger partial charge in [0.2, 0.25) is 10.0 Å². The van der Waals surface area contributed by atoms with Crippen molar-refractivity contribution in [3.63, 3.8) is 0 Å². The van der Waals surface area contributed by atoms with Gasteiger partial charge in [0.1, 0.15) is 0 Å². The summed E-state index contributed by atoms with van der Waals surface area (Å²) in [7, 11) is -2.56. The van der Waals surface area contributed by atoms with Gasteiger partial charge in [-0.1, -0.05) is 18.2 Å². The summed E-state index contributed by atoms with van der Waals surface area (Å²) < 4.78 is 27.9. The highest BCUT2D eigenvalue weighted by molar-refractivity contribution is 7.89. The molecule has 9 heteroatoms. The van der Waals surface area contributed by atoms with E-state index in [1.165, 1.54) is 35.7 Å². The molecule has 30 heavy (non-hydrogen) atoms. The number of quaternary nitrogens is 1. The Bertz CT molecular complexity index is 1110. The maximum absolute atomic E-state index is 13.3. The summed E-state index contributed by atoms with van der Waals surface area (Å²) in [6.07, 6.45) is 1.60. The highest BCUT2D eigenvalue weighted by atomic mass is 32.2. The highest BCUT2D eigenvalue weighted by Crippen LogP contribution is 2.21. The number of hydrogen-bond donors (Lipinski definition) is 1. The van der Waals surface area contributed by atoms with Gasteiger partial charge in [0.05, 0.1) is 35.9 Å². The molecular weight excluding hydrogens is 404 g/mol. The van der Waals surface area contributed by atoms with Crippen molar-refractivity contribution in [2.75, 3.05) is 7.11 Å². The van der Waals surface area contributed by atoms with Gasteiger partial charge in [-0.2, -0.15) is 14.8 Å². The van der Waals surface area contributed by atoms with Crippen LogP contribution < -0.4 is 5.23 Å². The van der Waals surface area contributed by atoms with E-state index in [1.54, 1.807) is 48.7 Å². The maximum Gasteiger partial charge on any atom is 0.243 e. The molecule has 1 heterocycles. The van der Waals surface area contributed by atoms with Crippen molar-refractivity contribution >= 4 is 15.7 Å². The fourth-order valence-corrected chi connectivity index (χ4v) is 4.22. The van der Waals surface area contributed by atoms with Gasteiger partial charge in [0, 0.05) is 24.9 Å². The van der Waals surface area contributed by atoms with Crippen molar-refractivity contribution in [3.8, 4) is 6.07 Å². The molecule has 0 radical (unpaired) electrons. The minimum Gasteiger partial charge on any atom is -0.595 e. The predicted molar refractivity (Wildman–Crippen MR) is 109 cm³/mol. The van der Waals surface area contributed by atoms with Gasteiger partial charge in [0.25, 0.3) is 0 Å². The number of benzene rings is 2. The lowest BCUT2D eigenvalue weighted by atomic mass is 10.2. The molecule has 1 aromatic heterocycles. The lowest BCUT2D eigenvalue weighted by Crippen LogP contribution is -3.00. The van der Waals surface area contributed by atoms with Crippen molar-refractivity contribution < 1.29 is 18.5 Å². The normalized spacial score (nSPS) is 12.5. The highest BCUT2D eigenvalue weighted by Gasteiger charge is 2.25. The summed E-state index contributed by atoms with van der Waals surface area (Å²) in [5.41, 5.74) is 2.06. The number of nitrogens with zero attached hydrogens (tertiary/aromatic N) is 3. The molecule has 2 aromatic carbocycles. The van der Waals surface area contributed by atoms with Gasteiger partial charge in [-0.25, -0.2) is 13.3 Å². The van der Waals surface area contributed by atoms with Gasteiger partial charge in [0.15, 0.2) is 5.69 Å². The molecule has 0 fully saturated rings. The monoisotopic (exact) mass is 424 g/mol. The third-order valence-corrected chi connectivity index (χ3v) is 6.23. The minimum absolute atomic E-state index is 0.0714. The zero-order valence-electron chi connectivity index (χ0n) is 16.2. The zero-order valence-corrected chi connectivity index (χ0v) is 17.0. The Kier molecular flexibility index (Phi) is 6.89. The zero-order chi connectivity index (χ0) is 21.6. The van der Waals surface area contributed by atoms with Crippen LogP contribution in [-0.2, 0) is 28.0 Å². The summed E-state index contributed by atoms with van der Waals surface area (Å²) in [6.45, 7) is 0.155. The van der Waals surface area contributed by atoms with Crippen LogP contribution in [0.15, 0.2) is 77.8 Å². The predicted octanol–water partition coefficient (Wildman–Crippen LogP) is 1.92. The summed E-state index contributed by atoms with van der Waals surface area (Å²) >= 11 is 0. The standard InChI is InChI=1S/C21H20N4O4S/c1-29-25(26)20-9-5-18(6-10-20)15-24(16-19-4-2-3-13-23-19)30(27,28)21-11-7-17(14-22)8-12-21/h2-13,25H,15-16H2,1H3. The van der Waals surface area contributed by atoms with Crippen LogP contribution in [0.3, 0.4) is 0 Å². The van der Waals surface area contributed by atoms with Crippen LogP contribution in [0, 0.1) is 16.5 Å². The Morgan fingerprint density at radius 2 is 1.77 bits per heavy atom. The summed E-state index contributed by atoms with van der Waals surface area (Å²) in [4.78, 5) is 9.01. The van der Waals surface area contributed by atoms with E-state index in [0.29, 0.717) is 22.5 Å². The van der Waals surface area contributed by atoms with Gasteiger partial charge in [-0.3, -0.25) is 4.98 Å². The first-order valence-corrected chi connectivity index (χ1v) is 10.5. The topological polar surface area (TPSA) is 111 Å². The Hall–Kier alpha value is -3.13. The summed E-state index contributed by atoms with van der Waals surface area (Å²) in [5.74, 6) is 0. The molecule has 8 nitrogen and oxygen atoms in total. The molecule has 0 saturated heterocycles. The SMILES string of the molecule is CO[NH+]([O-])c1ccc(CN(Cc2ccccn2)S(=O)(=O)c2ccc(C#N)cc2)cc1. The van der Waals surface area contributed by atoms with E-state index in [2.05, 4.69) is 4.98 Å². The molecular formula is C21H20N4O4S. The molecule has 0 aliphatic carbocycles. The van der Waals surface area contributed by atoms with E-state index < -0.39 is 15.2 Å². The molecule has 0 aliphatic rings. The average molecular weight is 424 g/mol. The van der Waals surface area contributed by atoms with E-state index in [0.717, 1.165) is 0 Å². The van der Waals surface area contributed by atoms with Gasteiger partial charge in [-0.15, -0.1) is 0 Å². The number of sulfonamides is 1. The molecule has 0 bridgehead atoms. The Balaban J connectivity index is 1.92. The van der Waals surface area contributed by atoms with E-state index in [9.17, 15) is 13.6 Å². The van der Waals surface area contributed by atoms with Crippen molar-refractivity contribution in [1.82, 2.24) is 9.29 Å². The summed E-state index contributed by atoms with van der Waals surface area (Å²) in [6, 6.07) is 19.6. The van der Waals surface area contributed by atoms with Crippen LogP contribution in [0.5, 0.6) is 0 Å². The number of nitriles is 1. The molecule has 1 atom stereocenters. The first-order chi connectivity index (χ1) is 14.4. The molecule has 0 spiro atoms. The molecule has 154 valence electrons. The van der Waals surface area contributed by atoms with Crippen molar-refractivity contribution in [2.24, 2.45) is 0 Å². The molecule has 1 N–H and O–H groups in total. The van der Waals surface area contributed by atoms with Crippen LogP contribution in [-0.4, -0.2) is 24.8 Å². The second kappa shape index (κ2) is 9.58. The maximum atomic E-state index is 13.3. The Morgan fingerprint density at radius 3 is 2.33 bits per heavy atom. The number of aromatic nitrogens is 1. The first kappa shape index (κ1) is 21.6. The van der Waals surface area contributed by atoms with E-state index >= 15 is 0 Å². The van der Waals surface area contributed by atoms with Crippen LogP contribution in [0.25, 0.3) is 0 Å². The first-order valence-electron chi connectivity index (χ1n) is 9.01. The second-order valence-electron chi connectivity index (χ2n) is 6.42. The fourth-order valence-electron chi connectivity index (χ4n) is 2.82. The molecule has 0 aliphatic heterocycles. The Morgan fingerprint density at radius 1 is 1.07 bits per heavy atom. The minimum atomic E-state index is -3.86. The lowest BCUT2D eigenvalue weighted by molar-refractivity contribution is -0.992. The average Bonchev–Trinajstić information content (AvgIpc) is 2.79. The van der Waals surface area contributed by atoms with Gasteiger partial charge < -0.3 is 5.21 Å². The molecule has 1 unspecified atom stereocenters. The number of pyridine rings is 1. The smallest absolute Gasteiger partial charge is 0.243 e. The molecule has 3 aromatic rings. The molecule has 0 saturated carbocycles. The van der Waals surface area contributed by atoms with Gasteiger partial charge in [-0.05, 0) is 42.0 Å². The quantitative estimate of drug-likeness (QED) is 0.553. The molecule has 3 rings (SSSR count). The fraction of sp³-hybridized carbons (Fsp3) is 0.143. The summed E-state index contributed by atoms with van der Waals surface area (Å²) in [5, 5.41) is 20.1. The van der Waals surface area contributed by atoms with Gasteiger partial charge >= 0.3 is 0 Å². The van der Waals surface area contributed by atoms with E-state index in [4.69, 9.17) is 10.1 Å². The number of rotatable bonds is 8. The third kappa shape index (κ3) is 5.07.